The van der Waals surface area contributed by atoms with Gasteiger partial charge >= 0.3 is 6.61 Å². The van der Waals surface area contributed by atoms with Gasteiger partial charge in [-0.2, -0.15) is 13.9 Å². The van der Waals surface area contributed by atoms with Crippen molar-refractivity contribution in [2.75, 3.05) is 31.6 Å². The fraction of sp³-hybridized carbons (Fsp3) is 0.389. The SMILES string of the molecule is CN=C(NCc1cc(Cl)ccc1OC(F)F)N1CCN(c2cnn(C)c2)C(=O)C1.I. The Morgan fingerprint density at radius 1 is 1.40 bits per heavy atom. The molecule has 0 bridgehead atoms. The molecule has 1 aromatic carbocycles. The molecule has 2 aromatic rings. The quantitative estimate of drug-likeness (QED) is 0.350. The summed E-state index contributed by atoms with van der Waals surface area (Å²) in [6.07, 6.45) is 3.43. The molecule has 1 N–H and O–H groups in total. The molecule has 8 nitrogen and oxygen atoms in total. The van der Waals surface area contributed by atoms with E-state index < -0.39 is 6.61 Å². The molecule has 1 fully saturated rings. The summed E-state index contributed by atoms with van der Waals surface area (Å²) >= 11 is 5.98. The Bertz CT molecular complexity index is 911. The number of ether oxygens (including phenoxy) is 1. The minimum Gasteiger partial charge on any atom is -0.434 e. The van der Waals surface area contributed by atoms with Crippen LogP contribution in [-0.4, -0.2) is 59.8 Å². The summed E-state index contributed by atoms with van der Waals surface area (Å²) in [6.45, 7) is -1.62. The maximum absolute atomic E-state index is 12.6. The smallest absolute Gasteiger partial charge is 0.387 e. The number of nitrogens with zero attached hydrogens (tertiary/aromatic N) is 5. The van der Waals surface area contributed by atoms with Crippen LogP contribution < -0.4 is 15.0 Å². The lowest BCUT2D eigenvalue weighted by molar-refractivity contribution is -0.120. The highest BCUT2D eigenvalue weighted by Crippen LogP contribution is 2.24. The van der Waals surface area contributed by atoms with Crippen LogP contribution in [0.2, 0.25) is 5.02 Å². The van der Waals surface area contributed by atoms with Crippen LogP contribution in [-0.2, 0) is 18.4 Å². The van der Waals surface area contributed by atoms with Crippen molar-refractivity contribution in [3.8, 4) is 5.75 Å². The second-order valence-electron chi connectivity index (χ2n) is 6.37. The third kappa shape index (κ3) is 5.94. The number of nitrogens with one attached hydrogen (secondary N) is 1. The summed E-state index contributed by atoms with van der Waals surface area (Å²) < 4.78 is 31.4. The van der Waals surface area contributed by atoms with Gasteiger partial charge in [0.2, 0.25) is 5.91 Å². The van der Waals surface area contributed by atoms with Crippen molar-refractivity contribution in [2.45, 2.75) is 13.2 Å². The number of amides is 1. The zero-order valence-corrected chi connectivity index (χ0v) is 19.5. The van der Waals surface area contributed by atoms with Crippen molar-refractivity contribution in [2.24, 2.45) is 12.0 Å². The van der Waals surface area contributed by atoms with E-state index >= 15 is 0 Å². The van der Waals surface area contributed by atoms with Crippen molar-refractivity contribution in [1.82, 2.24) is 20.0 Å². The third-order valence-electron chi connectivity index (χ3n) is 4.41. The summed E-state index contributed by atoms with van der Waals surface area (Å²) in [7, 11) is 3.38. The highest BCUT2D eigenvalue weighted by Gasteiger charge is 2.27. The van der Waals surface area contributed by atoms with Crippen molar-refractivity contribution in [3.05, 3.63) is 41.2 Å². The maximum atomic E-state index is 12.6. The number of hydrogen-bond acceptors (Lipinski definition) is 4. The van der Waals surface area contributed by atoms with Gasteiger partial charge in [-0.15, -0.1) is 24.0 Å². The lowest BCUT2D eigenvalue weighted by Crippen LogP contribution is -2.55. The fourth-order valence-corrected chi connectivity index (χ4v) is 3.27. The molecule has 2 heterocycles. The Morgan fingerprint density at radius 3 is 2.77 bits per heavy atom. The Kier molecular flexibility index (Phi) is 8.65. The lowest BCUT2D eigenvalue weighted by Gasteiger charge is -2.35. The molecule has 1 aliphatic heterocycles. The van der Waals surface area contributed by atoms with Gasteiger partial charge in [0.25, 0.3) is 0 Å². The van der Waals surface area contributed by atoms with Crippen molar-refractivity contribution >= 4 is 53.1 Å². The molecule has 30 heavy (non-hydrogen) atoms. The maximum Gasteiger partial charge on any atom is 0.387 e. The highest BCUT2D eigenvalue weighted by atomic mass is 127. The van der Waals surface area contributed by atoms with Gasteiger partial charge in [-0.05, 0) is 18.2 Å². The molecule has 0 unspecified atom stereocenters. The van der Waals surface area contributed by atoms with E-state index in [0.717, 1.165) is 5.69 Å². The number of carbonyl (C=O) groups excluding carboxylic acids is 1. The van der Waals surface area contributed by atoms with Crippen LogP contribution in [0.25, 0.3) is 0 Å². The average molecular weight is 555 g/mol. The minimum absolute atomic E-state index is 0. The van der Waals surface area contributed by atoms with E-state index in [-0.39, 0.29) is 48.7 Å². The van der Waals surface area contributed by atoms with E-state index in [1.807, 2.05) is 0 Å². The van der Waals surface area contributed by atoms with Gasteiger partial charge < -0.3 is 19.9 Å². The fourth-order valence-electron chi connectivity index (χ4n) is 3.08. The molecule has 0 saturated carbocycles. The Morgan fingerprint density at radius 2 is 2.17 bits per heavy atom. The third-order valence-corrected chi connectivity index (χ3v) is 4.65. The van der Waals surface area contributed by atoms with Gasteiger partial charge in [0, 0.05) is 50.5 Å². The number of aromatic nitrogens is 2. The van der Waals surface area contributed by atoms with Crippen LogP contribution in [0.3, 0.4) is 0 Å². The number of anilines is 1. The van der Waals surface area contributed by atoms with Crippen LogP contribution >= 0.6 is 35.6 Å². The van der Waals surface area contributed by atoms with Crippen molar-refractivity contribution < 1.29 is 18.3 Å². The average Bonchev–Trinajstić information content (AvgIpc) is 3.10. The van der Waals surface area contributed by atoms with Crippen molar-refractivity contribution in [3.63, 3.8) is 0 Å². The molecule has 0 aliphatic carbocycles. The Hall–Kier alpha value is -2.15. The summed E-state index contributed by atoms with van der Waals surface area (Å²) in [6, 6.07) is 4.42. The van der Waals surface area contributed by atoms with E-state index in [2.05, 4.69) is 20.1 Å². The highest BCUT2D eigenvalue weighted by molar-refractivity contribution is 14.0. The first-order valence-electron chi connectivity index (χ1n) is 8.85. The number of guanidine groups is 1. The van der Waals surface area contributed by atoms with Gasteiger partial charge in [-0.1, -0.05) is 11.6 Å². The number of halogens is 4. The first-order valence-corrected chi connectivity index (χ1v) is 9.23. The predicted molar refractivity (Wildman–Crippen MR) is 121 cm³/mol. The standard InChI is InChI=1S/C18H21ClF2N6O2.HI/c1-22-18(23-8-12-7-13(19)3-4-15(12)29-17(20)21)26-5-6-27(16(28)11-26)14-9-24-25(2)10-14;/h3-4,7,9-10,17H,5-6,8,11H2,1-2H3,(H,22,23);1H. The lowest BCUT2D eigenvalue weighted by atomic mass is 10.2. The normalized spacial score (nSPS) is 14.7. The zero-order chi connectivity index (χ0) is 21.0. The van der Waals surface area contributed by atoms with E-state index in [1.165, 1.54) is 12.1 Å². The van der Waals surface area contributed by atoms with Crippen LogP contribution in [0.1, 0.15) is 5.56 Å². The molecule has 12 heteroatoms. The monoisotopic (exact) mass is 554 g/mol. The number of alkyl halides is 2. The van der Waals surface area contributed by atoms with E-state index in [9.17, 15) is 13.6 Å². The second kappa shape index (κ2) is 10.8. The van der Waals surface area contributed by atoms with Gasteiger partial charge in [0.15, 0.2) is 5.96 Å². The Balaban J connectivity index is 0.00000320. The van der Waals surface area contributed by atoms with Crippen molar-refractivity contribution in [1.29, 1.82) is 0 Å². The first kappa shape index (κ1) is 24.1. The summed E-state index contributed by atoms with van der Waals surface area (Å²) in [4.78, 5) is 20.2. The van der Waals surface area contributed by atoms with Gasteiger partial charge in [-0.25, -0.2) is 0 Å². The Labute approximate surface area is 194 Å². The van der Waals surface area contributed by atoms with Gasteiger partial charge in [-0.3, -0.25) is 14.5 Å². The summed E-state index contributed by atoms with van der Waals surface area (Å²) in [5, 5.41) is 7.57. The number of aliphatic imine (C=N–C) groups is 1. The van der Waals surface area contributed by atoms with Crippen LogP contribution in [0.4, 0.5) is 14.5 Å². The first-order chi connectivity index (χ1) is 13.9. The van der Waals surface area contributed by atoms with E-state index in [1.54, 1.807) is 47.0 Å². The molecule has 1 amide bonds. The number of aryl methyl sites for hydroxylation is 1. The molecular formula is C18H22ClF2IN6O2. The topological polar surface area (TPSA) is 75.0 Å². The molecule has 1 saturated heterocycles. The zero-order valence-electron chi connectivity index (χ0n) is 16.4. The summed E-state index contributed by atoms with van der Waals surface area (Å²) in [5.41, 5.74) is 1.20. The van der Waals surface area contributed by atoms with E-state index in [4.69, 9.17) is 11.6 Å². The molecular weight excluding hydrogens is 533 g/mol. The molecule has 164 valence electrons. The predicted octanol–water partition coefficient (Wildman–Crippen LogP) is 2.72. The van der Waals surface area contributed by atoms with Gasteiger partial charge in [0.1, 0.15) is 12.3 Å². The van der Waals surface area contributed by atoms with Crippen LogP contribution in [0, 0.1) is 0 Å². The van der Waals surface area contributed by atoms with E-state index in [0.29, 0.717) is 29.6 Å². The number of benzene rings is 1. The minimum atomic E-state index is -2.94. The number of rotatable bonds is 5. The van der Waals surface area contributed by atoms with Gasteiger partial charge in [0.05, 0.1) is 11.9 Å². The molecule has 0 spiro atoms. The molecule has 3 rings (SSSR count). The van der Waals surface area contributed by atoms with Crippen LogP contribution in [0.15, 0.2) is 35.6 Å². The number of piperazine rings is 1. The number of hydrogen-bond donors (Lipinski definition) is 1. The molecule has 0 radical (unpaired) electrons. The van der Waals surface area contributed by atoms with Crippen LogP contribution in [0.5, 0.6) is 5.75 Å². The number of carbonyl (C=O) groups is 1. The molecule has 1 aromatic heterocycles. The second-order valence-corrected chi connectivity index (χ2v) is 6.81. The molecule has 0 atom stereocenters. The largest absolute Gasteiger partial charge is 0.434 e. The molecule has 1 aliphatic rings. The summed E-state index contributed by atoms with van der Waals surface area (Å²) in [5.74, 6) is 0.425.